The highest BCUT2D eigenvalue weighted by Gasteiger charge is 2.15. The SMILES string of the molecule is CCN(CC)CCSCc1cccc([N+](=O)[O-])c1NC. The molecule has 1 aromatic rings. The second-order valence-corrected chi connectivity index (χ2v) is 5.50. The maximum absolute atomic E-state index is 11.0. The number of nitro groups is 1. The zero-order valence-corrected chi connectivity index (χ0v) is 13.2. The predicted molar refractivity (Wildman–Crippen MR) is 86.6 cm³/mol. The van der Waals surface area contributed by atoms with Crippen LogP contribution in [0.3, 0.4) is 0 Å². The van der Waals surface area contributed by atoms with Crippen LogP contribution in [0.4, 0.5) is 11.4 Å². The van der Waals surface area contributed by atoms with Gasteiger partial charge in [0.05, 0.1) is 4.92 Å². The Morgan fingerprint density at radius 1 is 1.35 bits per heavy atom. The lowest BCUT2D eigenvalue weighted by Crippen LogP contribution is -2.25. The van der Waals surface area contributed by atoms with Crippen molar-refractivity contribution in [3.63, 3.8) is 0 Å². The van der Waals surface area contributed by atoms with Crippen LogP contribution in [-0.2, 0) is 5.75 Å². The number of nitro benzene ring substituents is 1. The van der Waals surface area contributed by atoms with E-state index in [1.54, 1.807) is 13.1 Å². The summed E-state index contributed by atoms with van der Waals surface area (Å²) in [6, 6.07) is 5.23. The van der Waals surface area contributed by atoms with E-state index in [-0.39, 0.29) is 10.6 Å². The molecular formula is C14H23N3O2S. The first-order valence-electron chi connectivity index (χ1n) is 6.88. The topological polar surface area (TPSA) is 58.4 Å². The fourth-order valence-corrected chi connectivity index (χ4v) is 3.06. The van der Waals surface area contributed by atoms with Crippen LogP contribution >= 0.6 is 11.8 Å². The Labute approximate surface area is 124 Å². The van der Waals surface area contributed by atoms with Gasteiger partial charge >= 0.3 is 0 Å². The van der Waals surface area contributed by atoms with Crippen molar-refractivity contribution in [2.24, 2.45) is 0 Å². The number of nitrogens with zero attached hydrogens (tertiary/aromatic N) is 2. The molecule has 1 aromatic carbocycles. The molecule has 0 spiro atoms. The van der Waals surface area contributed by atoms with E-state index in [9.17, 15) is 10.1 Å². The van der Waals surface area contributed by atoms with Crippen LogP contribution in [0.15, 0.2) is 18.2 Å². The second-order valence-electron chi connectivity index (χ2n) is 4.40. The van der Waals surface area contributed by atoms with Gasteiger partial charge in [-0.1, -0.05) is 26.0 Å². The third kappa shape index (κ3) is 4.68. The predicted octanol–water partition coefficient (Wildman–Crippen LogP) is 3.21. The van der Waals surface area contributed by atoms with E-state index < -0.39 is 0 Å². The van der Waals surface area contributed by atoms with Gasteiger partial charge in [0.15, 0.2) is 0 Å². The van der Waals surface area contributed by atoms with Gasteiger partial charge in [-0.3, -0.25) is 10.1 Å². The van der Waals surface area contributed by atoms with Crippen LogP contribution in [0.1, 0.15) is 19.4 Å². The van der Waals surface area contributed by atoms with Gasteiger partial charge in [-0.15, -0.1) is 0 Å². The molecule has 0 unspecified atom stereocenters. The number of anilines is 1. The van der Waals surface area contributed by atoms with Crippen molar-refractivity contribution < 1.29 is 4.92 Å². The Balaban J connectivity index is 2.60. The largest absolute Gasteiger partial charge is 0.382 e. The normalized spacial score (nSPS) is 10.8. The van der Waals surface area contributed by atoms with Crippen LogP contribution in [0.2, 0.25) is 0 Å². The Kier molecular flexibility index (Phi) is 7.40. The third-order valence-electron chi connectivity index (χ3n) is 3.28. The lowest BCUT2D eigenvalue weighted by atomic mass is 10.1. The molecule has 0 aliphatic heterocycles. The fourth-order valence-electron chi connectivity index (χ4n) is 2.06. The van der Waals surface area contributed by atoms with Crippen LogP contribution in [0, 0.1) is 10.1 Å². The lowest BCUT2D eigenvalue weighted by Gasteiger charge is -2.17. The summed E-state index contributed by atoms with van der Waals surface area (Å²) in [5, 5.41) is 13.9. The van der Waals surface area contributed by atoms with E-state index in [1.165, 1.54) is 6.07 Å². The molecule has 1 N–H and O–H groups in total. The van der Waals surface area contributed by atoms with E-state index in [0.29, 0.717) is 5.69 Å². The van der Waals surface area contributed by atoms with Gasteiger partial charge in [0.25, 0.3) is 5.69 Å². The van der Waals surface area contributed by atoms with Gasteiger partial charge in [-0.25, -0.2) is 0 Å². The number of nitrogens with one attached hydrogen (secondary N) is 1. The molecule has 0 fully saturated rings. The summed E-state index contributed by atoms with van der Waals surface area (Å²) in [5.41, 5.74) is 1.77. The number of para-hydroxylation sites is 1. The molecule has 0 saturated heterocycles. The molecule has 0 radical (unpaired) electrons. The Hall–Kier alpha value is -1.27. The van der Waals surface area contributed by atoms with Gasteiger partial charge in [0.2, 0.25) is 0 Å². The van der Waals surface area contributed by atoms with Gasteiger partial charge < -0.3 is 10.2 Å². The molecule has 0 aliphatic rings. The van der Waals surface area contributed by atoms with Crippen molar-refractivity contribution in [1.29, 1.82) is 0 Å². The van der Waals surface area contributed by atoms with E-state index in [4.69, 9.17) is 0 Å². The van der Waals surface area contributed by atoms with Crippen LogP contribution in [0.25, 0.3) is 0 Å². The summed E-state index contributed by atoms with van der Waals surface area (Å²) >= 11 is 1.81. The van der Waals surface area contributed by atoms with Gasteiger partial charge in [0.1, 0.15) is 5.69 Å². The zero-order chi connectivity index (χ0) is 15.0. The minimum Gasteiger partial charge on any atom is -0.382 e. The van der Waals surface area contributed by atoms with Crippen molar-refractivity contribution in [3.05, 3.63) is 33.9 Å². The molecule has 6 heteroatoms. The van der Waals surface area contributed by atoms with Gasteiger partial charge in [-0.2, -0.15) is 11.8 Å². The molecule has 1 rings (SSSR count). The molecule has 0 aromatic heterocycles. The molecule has 0 heterocycles. The number of hydrogen-bond donors (Lipinski definition) is 1. The number of rotatable bonds is 9. The molecule has 112 valence electrons. The molecule has 0 atom stereocenters. The summed E-state index contributed by atoms with van der Waals surface area (Å²) in [5.74, 6) is 1.83. The minimum absolute atomic E-state index is 0.148. The van der Waals surface area contributed by atoms with E-state index >= 15 is 0 Å². The van der Waals surface area contributed by atoms with Gasteiger partial charge in [0, 0.05) is 31.2 Å². The third-order valence-corrected chi connectivity index (χ3v) is 4.27. The molecule has 20 heavy (non-hydrogen) atoms. The first-order valence-corrected chi connectivity index (χ1v) is 8.03. The fraction of sp³-hybridized carbons (Fsp3) is 0.571. The van der Waals surface area contributed by atoms with E-state index in [1.807, 2.05) is 17.8 Å². The molecular weight excluding hydrogens is 274 g/mol. The zero-order valence-electron chi connectivity index (χ0n) is 12.4. The first kappa shape index (κ1) is 16.8. The monoisotopic (exact) mass is 297 g/mol. The Morgan fingerprint density at radius 3 is 2.60 bits per heavy atom. The summed E-state index contributed by atoms with van der Waals surface area (Å²) in [7, 11) is 1.73. The summed E-state index contributed by atoms with van der Waals surface area (Å²) in [6.07, 6.45) is 0. The number of thioether (sulfide) groups is 1. The van der Waals surface area contributed by atoms with Crippen LogP contribution in [0.5, 0.6) is 0 Å². The lowest BCUT2D eigenvalue weighted by molar-refractivity contribution is -0.384. The van der Waals surface area contributed by atoms with Crippen molar-refractivity contribution in [2.45, 2.75) is 19.6 Å². The highest BCUT2D eigenvalue weighted by Crippen LogP contribution is 2.30. The summed E-state index contributed by atoms with van der Waals surface area (Å²) in [4.78, 5) is 13.0. The first-order chi connectivity index (χ1) is 9.63. The standard InChI is InChI=1S/C14H23N3O2S/c1-4-16(5-2)9-10-20-11-12-7-6-8-13(17(18)19)14(12)15-3/h6-8,15H,4-5,9-11H2,1-3H3. The van der Waals surface area contributed by atoms with E-state index in [2.05, 4.69) is 24.1 Å². The molecule has 5 nitrogen and oxygen atoms in total. The quantitative estimate of drug-likeness (QED) is 0.431. The smallest absolute Gasteiger partial charge is 0.292 e. The Bertz CT molecular complexity index is 436. The minimum atomic E-state index is -0.337. The molecule has 0 bridgehead atoms. The molecule has 0 saturated carbocycles. The van der Waals surface area contributed by atoms with Crippen molar-refractivity contribution in [2.75, 3.05) is 37.8 Å². The highest BCUT2D eigenvalue weighted by molar-refractivity contribution is 7.98. The second kappa shape index (κ2) is 8.81. The average Bonchev–Trinajstić information content (AvgIpc) is 2.46. The highest BCUT2D eigenvalue weighted by atomic mass is 32.2. The van der Waals surface area contributed by atoms with Crippen molar-refractivity contribution in [1.82, 2.24) is 4.90 Å². The van der Waals surface area contributed by atoms with Crippen molar-refractivity contribution in [3.8, 4) is 0 Å². The summed E-state index contributed by atoms with van der Waals surface area (Å²) in [6.45, 7) is 7.51. The number of hydrogen-bond acceptors (Lipinski definition) is 5. The maximum atomic E-state index is 11.0. The summed E-state index contributed by atoms with van der Waals surface area (Å²) < 4.78 is 0. The van der Waals surface area contributed by atoms with E-state index in [0.717, 1.165) is 36.7 Å². The van der Waals surface area contributed by atoms with Gasteiger partial charge in [-0.05, 0) is 18.7 Å². The molecule has 0 aliphatic carbocycles. The van der Waals surface area contributed by atoms with Crippen LogP contribution in [-0.4, -0.2) is 42.3 Å². The molecule has 0 amide bonds. The average molecular weight is 297 g/mol. The van der Waals surface area contributed by atoms with Crippen LogP contribution < -0.4 is 5.32 Å². The number of benzene rings is 1. The van der Waals surface area contributed by atoms with Crippen molar-refractivity contribution >= 4 is 23.1 Å². The Morgan fingerprint density at radius 2 is 2.05 bits per heavy atom. The maximum Gasteiger partial charge on any atom is 0.292 e.